The third-order valence-electron chi connectivity index (χ3n) is 3.74. The number of nitrogens with one attached hydrogen (secondary N) is 1. The van der Waals surface area contributed by atoms with E-state index in [-0.39, 0.29) is 17.4 Å². The van der Waals surface area contributed by atoms with Gasteiger partial charge in [0.25, 0.3) is 0 Å². The molecule has 0 aromatic rings. The first kappa shape index (κ1) is 11.9. The van der Waals surface area contributed by atoms with Gasteiger partial charge in [-0.25, -0.2) is 0 Å². The highest BCUT2D eigenvalue weighted by molar-refractivity contribution is 5.76. The maximum absolute atomic E-state index is 11.7. The van der Waals surface area contributed by atoms with E-state index in [9.17, 15) is 4.79 Å². The van der Waals surface area contributed by atoms with Crippen LogP contribution in [0.5, 0.6) is 0 Å². The van der Waals surface area contributed by atoms with Crippen molar-refractivity contribution in [2.45, 2.75) is 44.6 Å². The Morgan fingerprint density at radius 3 is 2.81 bits per heavy atom. The number of ether oxygens (including phenoxy) is 1. The quantitative estimate of drug-likeness (QED) is 0.729. The number of hydrogen-bond donors (Lipinski definition) is 2. The number of nitrogens with two attached hydrogens (primary N) is 1. The standard InChI is InChI=1S/C12H22N2O2/c13-8-12(4-5-12)9-14-11(15)7-10-3-1-2-6-16-10/h10H,1-9,13H2,(H,14,15). The zero-order chi connectivity index (χ0) is 11.4. The first-order valence-corrected chi connectivity index (χ1v) is 6.32. The molecule has 0 bridgehead atoms. The molecule has 1 aliphatic carbocycles. The summed E-state index contributed by atoms with van der Waals surface area (Å²) in [5, 5.41) is 2.98. The second-order valence-electron chi connectivity index (χ2n) is 5.17. The van der Waals surface area contributed by atoms with Crippen LogP contribution >= 0.6 is 0 Å². The molecule has 1 heterocycles. The number of rotatable bonds is 5. The van der Waals surface area contributed by atoms with Gasteiger partial charge in [-0.1, -0.05) is 0 Å². The number of carbonyl (C=O) groups excluding carboxylic acids is 1. The van der Waals surface area contributed by atoms with Gasteiger partial charge < -0.3 is 15.8 Å². The summed E-state index contributed by atoms with van der Waals surface area (Å²) in [5.74, 6) is 0.117. The van der Waals surface area contributed by atoms with Crippen molar-refractivity contribution in [1.29, 1.82) is 0 Å². The topological polar surface area (TPSA) is 64.3 Å². The summed E-state index contributed by atoms with van der Waals surface area (Å²) in [6.45, 7) is 2.24. The maximum Gasteiger partial charge on any atom is 0.222 e. The largest absolute Gasteiger partial charge is 0.378 e. The molecule has 3 N–H and O–H groups in total. The predicted octanol–water partition coefficient (Wildman–Crippen LogP) is 0.801. The SMILES string of the molecule is NCC1(CNC(=O)CC2CCCCO2)CC1. The predicted molar refractivity (Wildman–Crippen MR) is 61.9 cm³/mol. The van der Waals surface area contributed by atoms with E-state index in [1.165, 1.54) is 6.42 Å². The van der Waals surface area contributed by atoms with Crippen LogP contribution in [0.2, 0.25) is 0 Å². The highest BCUT2D eigenvalue weighted by Gasteiger charge is 2.41. The molecular weight excluding hydrogens is 204 g/mol. The van der Waals surface area contributed by atoms with Crippen molar-refractivity contribution in [1.82, 2.24) is 5.32 Å². The number of carbonyl (C=O) groups is 1. The van der Waals surface area contributed by atoms with Gasteiger partial charge in [-0.3, -0.25) is 4.79 Å². The molecule has 4 nitrogen and oxygen atoms in total. The van der Waals surface area contributed by atoms with Gasteiger partial charge in [0.05, 0.1) is 12.5 Å². The van der Waals surface area contributed by atoms with Crippen molar-refractivity contribution < 1.29 is 9.53 Å². The van der Waals surface area contributed by atoms with Crippen LogP contribution in [-0.2, 0) is 9.53 Å². The minimum atomic E-state index is 0.117. The highest BCUT2D eigenvalue weighted by atomic mass is 16.5. The third-order valence-corrected chi connectivity index (χ3v) is 3.74. The van der Waals surface area contributed by atoms with E-state index in [0.29, 0.717) is 13.0 Å². The van der Waals surface area contributed by atoms with Crippen LogP contribution in [0.1, 0.15) is 38.5 Å². The van der Waals surface area contributed by atoms with Crippen molar-refractivity contribution in [3.63, 3.8) is 0 Å². The Kier molecular flexibility index (Phi) is 3.82. The normalized spacial score (nSPS) is 27.4. The Balaban J connectivity index is 1.64. The van der Waals surface area contributed by atoms with Crippen LogP contribution in [-0.4, -0.2) is 31.7 Å². The van der Waals surface area contributed by atoms with Gasteiger partial charge in [0.1, 0.15) is 0 Å². The van der Waals surface area contributed by atoms with Crippen LogP contribution in [0.4, 0.5) is 0 Å². The zero-order valence-corrected chi connectivity index (χ0v) is 9.84. The first-order chi connectivity index (χ1) is 7.74. The number of hydrogen-bond acceptors (Lipinski definition) is 3. The lowest BCUT2D eigenvalue weighted by Crippen LogP contribution is -2.36. The monoisotopic (exact) mass is 226 g/mol. The molecule has 92 valence electrons. The average molecular weight is 226 g/mol. The van der Waals surface area contributed by atoms with E-state index in [1.807, 2.05) is 0 Å². The summed E-state index contributed by atoms with van der Waals surface area (Å²) >= 11 is 0. The summed E-state index contributed by atoms with van der Waals surface area (Å²) in [5.41, 5.74) is 5.89. The smallest absolute Gasteiger partial charge is 0.222 e. The fourth-order valence-electron chi connectivity index (χ4n) is 2.16. The maximum atomic E-state index is 11.7. The van der Waals surface area contributed by atoms with Crippen LogP contribution < -0.4 is 11.1 Å². The van der Waals surface area contributed by atoms with Gasteiger partial charge in [-0.15, -0.1) is 0 Å². The lowest BCUT2D eigenvalue weighted by atomic mass is 10.1. The molecule has 16 heavy (non-hydrogen) atoms. The van der Waals surface area contributed by atoms with Gasteiger partial charge in [-0.05, 0) is 44.1 Å². The molecule has 1 unspecified atom stereocenters. The lowest BCUT2D eigenvalue weighted by molar-refractivity contribution is -0.125. The summed E-state index contributed by atoms with van der Waals surface area (Å²) in [7, 11) is 0. The molecule has 2 fully saturated rings. The average Bonchev–Trinajstić information content (AvgIpc) is 3.09. The fourth-order valence-corrected chi connectivity index (χ4v) is 2.16. The van der Waals surface area contributed by atoms with Crippen molar-refractivity contribution in [3.05, 3.63) is 0 Å². The van der Waals surface area contributed by atoms with Gasteiger partial charge in [0.15, 0.2) is 0 Å². The summed E-state index contributed by atoms with van der Waals surface area (Å²) in [6, 6.07) is 0. The van der Waals surface area contributed by atoms with E-state index in [0.717, 1.165) is 38.8 Å². The van der Waals surface area contributed by atoms with Crippen LogP contribution in [0, 0.1) is 5.41 Å². The van der Waals surface area contributed by atoms with Crippen LogP contribution in [0.3, 0.4) is 0 Å². The van der Waals surface area contributed by atoms with Crippen molar-refractivity contribution >= 4 is 5.91 Å². The van der Waals surface area contributed by atoms with Crippen LogP contribution in [0.15, 0.2) is 0 Å². The summed E-state index contributed by atoms with van der Waals surface area (Å²) in [6.07, 6.45) is 6.31. The fraction of sp³-hybridized carbons (Fsp3) is 0.917. The summed E-state index contributed by atoms with van der Waals surface area (Å²) in [4.78, 5) is 11.7. The van der Waals surface area contributed by atoms with E-state index in [4.69, 9.17) is 10.5 Å². The van der Waals surface area contributed by atoms with Crippen molar-refractivity contribution in [2.24, 2.45) is 11.1 Å². The Bertz CT molecular complexity index is 245. The van der Waals surface area contributed by atoms with E-state index < -0.39 is 0 Å². The minimum absolute atomic E-state index is 0.117. The summed E-state index contributed by atoms with van der Waals surface area (Å²) < 4.78 is 5.54. The van der Waals surface area contributed by atoms with Gasteiger partial charge in [0, 0.05) is 13.2 Å². The van der Waals surface area contributed by atoms with E-state index in [2.05, 4.69) is 5.32 Å². The molecule has 2 rings (SSSR count). The Hall–Kier alpha value is -0.610. The second kappa shape index (κ2) is 5.15. The van der Waals surface area contributed by atoms with Gasteiger partial charge >= 0.3 is 0 Å². The molecule has 0 spiro atoms. The van der Waals surface area contributed by atoms with Crippen molar-refractivity contribution in [2.75, 3.05) is 19.7 Å². The van der Waals surface area contributed by atoms with E-state index in [1.54, 1.807) is 0 Å². The molecule has 1 saturated heterocycles. The Morgan fingerprint density at radius 2 is 2.25 bits per heavy atom. The zero-order valence-electron chi connectivity index (χ0n) is 9.84. The molecule has 0 aromatic heterocycles. The Morgan fingerprint density at radius 1 is 1.44 bits per heavy atom. The second-order valence-corrected chi connectivity index (χ2v) is 5.17. The molecule has 1 atom stereocenters. The van der Waals surface area contributed by atoms with E-state index >= 15 is 0 Å². The lowest BCUT2D eigenvalue weighted by Gasteiger charge is -2.22. The Labute approximate surface area is 96.9 Å². The highest BCUT2D eigenvalue weighted by Crippen LogP contribution is 2.43. The molecule has 1 amide bonds. The van der Waals surface area contributed by atoms with Gasteiger partial charge in [0.2, 0.25) is 5.91 Å². The molecular formula is C12H22N2O2. The van der Waals surface area contributed by atoms with Gasteiger partial charge in [-0.2, -0.15) is 0 Å². The first-order valence-electron chi connectivity index (χ1n) is 6.32. The van der Waals surface area contributed by atoms with Crippen molar-refractivity contribution in [3.8, 4) is 0 Å². The minimum Gasteiger partial charge on any atom is -0.378 e. The molecule has 0 aromatic carbocycles. The molecule has 0 radical (unpaired) electrons. The molecule has 1 saturated carbocycles. The molecule has 1 aliphatic heterocycles. The third kappa shape index (κ3) is 3.19. The molecule has 4 heteroatoms. The van der Waals surface area contributed by atoms with Crippen LogP contribution in [0.25, 0.3) is 0 Å². The number of amides is 1. The molecule has 2 aliphatic rings.